The third kappa shape index (κ3) is 4.90. The van der Waals surface area contributed by atoms with E-state index in [1.165, 1.54) is 7.11 Å². The predicted molar refractivity (Wildman–Crippen MR) is 132 cm³/mol. The maximum Gasteiger partial charge on any atom is 0.407 e. The molecule has 1 aromatic heterocycles. The van der Waals surface area contributed by atoms with E-state index < -0.39 is 12.1 Å². The van der Waals surface area contributed by atoms with Gasteiger partial charge in [-0.1, -0.05) is 50.2 Å². The molecule has 0 unspecified atom stereocenters. The number of aromatic amines is 1. The number of ether oxygens (including phenoxy) is 1. The fourth-order valence-corrected chi connectivity index (χ4v) is 4.36. The Hall–Kier alpha value is -3.81. The Morgan fingerprint density at radius 1 is 1.09 bits per heavy atom. The van der Waals surface area contributed by atoms with Gasteiger partial charge in [0.25, 0.3) is 0 Å². The maximum absolute atomic E-state index is 13.3. The number of aromatic nitrogens is 2. The zero-order valence-electron chi connectivity index (χ0n) is 19.7. The number of hydrogen-bond donors (Lipinski definition) is 3. The number of nitrogens with one attached hydrogen (secondary N) is 2. The molecular weight excluding hydrogens is 430 g/mol. The van der Waals surface area contributed by atoms with Crippen LogP contribution < -0.4 is 11.1 Å². The summed E-state index contributed by atoms with van der Waals surface area (Å²) >= 11 is 0. The van der Waals surface area contributed by atoms with E-state index in [-0.39, 0.29) is 17.9 Å². The molecule has 178 valence electrons. The van der Waals surface area contributed by atoms with E-state index in [1.807, 2.05) is 61.3 Å². The molecule has 3 aromatic rings. The first-order valence-corrected chi connectivity index (χ1v) is 11.5. The number of nitrogens with two attached hydrogens (primary N) is 1. The molecule has 1 fully saturated rings. The van der Waals surface area contributed by atoms with Gasteiger partial charge >= 0.3 is 6.09 Å². The maximum atomic E-state index is 13.3. The standard InChI is InChI=1S/C26H31N5O3/c1-16(2)23(30-26(33)34-3)25(32)31-14-4-5-22(31)24-28-15-21(29-24)19-8-6-17(7-9-19)18-10-12-20(27)13-11-18/h6-13,15-16,22-23H,4-5,14,27H2,1-3H3,(H,28,29)(H,30,33)/t22-,23-/m0/s1. The van der Waals surface area contributed by atoms with E-state index in [4.69, 9.17) is 15.5 Å². The van der Waals surface area contributed by atoms with Gasteiger partial charge in [-0.05, 0) is 42.0 Å². The number of anilines is 1. The number of carbonyl (C=O) groups excluding carboxylic acids is 2. The van der Waals surface area contributed by atoms with Crippen molar-refractivity contribution >= 4 is 17.7 Å². The first-order chi connectivity index (χ1) is 16.4. The summed E-state index contributed by atoms with van der Waals surface area (Å²) in [6.07, 6.45) is 2.97. The lowest BCUT2D eigenvalue weighted by atomic mass is 10.0. The van der Waals surface area contributed by atoms with Crippen molar-refractivity contribution in [2.24, 2.45) is 5.92 Å². The molecular formula is C26H31N5O3. The van der Waals surface area contributed by atoms with Crippen LogP contribution in [-0.4, -0.2) is 46.6 Å². The third-order valence-electron chi connectivity index (χ3n) is 6.27. The van der Waals surface area contributed by atoms with Crippen molar-refractivity contribution in [2.75, 3.05) is 19.4 Å². The average molecular weight is 462 g/mol. The molecule has 0 spiro atoms. The Kier molecular flexibility index (Phi) is 6.86. The van der Waals surface area contributed by atoms with Gasteiger partial charge in [0.05, 0.1) is 18.8 Å². The minimum atomic E-state index is -0.650. The van der Waals surface area contributed by atoms with Crippen molar-refractivity contribution in [3.05, 3.63) is 60.6 Å². The lowest BCUT2D eigenvalue weighted by Crippen LogP contribution is -2.51. The van der Waals surface area contributed by atoms with E-state index in [0.717, 1.165) is 46.7 Å². The molecule has 0 saturated carbocycles. The Balaban J connectivity index is 1.51. The van der Waals surface area contributed by atoms with Crippen LogP contribution in [0.1, 0.15) is 38.6 Å². The van der Waals surface area contributed by atoms with Crippen LogP contribution in [0.5, 0.6) is 0 Å². The molecule has 1 saturated heterocycles. The fraction of sp³-hybridized carbons (Fsp3) is 0.346. The van der Waals surface area contributed by atoms with E-state index in [9.17, 15) is 9.59 Å². The quantitative estimate of drug-likeness (QED) is 0.472. The highest BCUT2D eigenvalue weighted by molar-refractivity contribution is 5.86. The number of likely N-dealkylation sites (tertiary alicyclic amines) is 1. The van der Waals surface area contributed by atoms with Crippen molar-refractivity contribution in [3.8, 4) is 22.4 Å². The number of rotatable bonds is 6. The molecule has 0 aliphatic carbocycles. The first-order valence-electron chi connectivity index (χ1n) is 11.5. The predicted octanol–water partition coefficient (Wildman–Crippen LogP) is 4.37. The molecule has 4 rings (SSSR count). The van der Waals surface area contributed by atoms with Gasteiger partial charge in [-0.2, -0.15) is 0 Å². The van der Waals surface area contributed by atoms with Crippen molar-refractivity contribution in [2.45, 2.75) is 38.8 Å². The highest BCUT2D eigenvalue weighted by Crippen LogP contribution is 2.33. The number of nitrogens with zero attached hydrogens (tertiary/aromatic N) is 2. The summed E-state index contributed by atoms with van der Waals surface area (Å²) in [5.41, 5.74) is 10.5. The SMILES string of the molecule is COC(=O)N[C@H](C(=O)N1CCC[C@H]1c1nc(-c2ccc(-c3ccc(N)cc3)cc2)c[nH]1)C(C)C. The molecule has 34 heavy (non-hydrogen) atoms. The van der Waals surface area contributed by atoms with Gasteiger partial charge in [0, 0.05) is 24.0 Å². The van der Waals surface area contributed by atoms with Crippen LogP contribution in [-0.2, 0) is 9.53 Å². The highest BCUT2D eigenvalue weighted by atomic mass is 16.5. The zero-order chi connectivity index (χ0) is 24.2. The normalized spacial score (nSPS) is 16.5. The first kappa shape index (κ1) is 23.4. The second-order valence-corrected chi connectivity index (χ2v) is 8.92. The summed E-state index contributed by atoms with van der Waals surface area (Å²) < 4.78 is 4.70. The van der Waals surface area contributed by atoms with Crippen molar-refractivity contribution in [3.63, 3.8) is 0 Å². The van der Waals surface area contributed by atoms with E-state index in [2.05, 4.69) is 22.4 Å². The smallest absolute Gasteiger partial charge is 0.407 e. The summed E-state index contributed by atoms with van der Waals surface area (Å²) in [5.74, 6) is 0.567. The number of nitrogen functional groups attached to an aromatic ring is 1. The van der Waals surface area contributed by atoms with E-state index in [0.29, 0.717) is 6.54 Å². The third-order valence-corrected chi connectivity index (χ3v) is 6.27. The minimum absolute atomic E-state index is 0.0698. The Labute approximate surface area is 199 Å². The number of alkyl carbamates (subject to hydrolysis) is 1. The number of amides is 2. The summed E-state index contributed by atoms with van der Waals surface area (Å²) in [6.45, 7) is 4.44. The van der Waals surface area contributed by atoms with E-state index >= 15 is 0 Å². The summed E-state index contributed by atoms with van der Waals surface area (Å²) in [6, 6.07) is 15.2. The summed E-state index contributed by atoms with van der Waals surface area (Å²) in [7, 11) is 1.29. The average Bonchev–Trinajstić information content (AvgIpc) is 3.52. The van der Waals surface area contributed by atoms with Gasteiger partial charge in [-0.3, -0.25) is 4.79 Å². The van der Waals surface area contributed by atoms with Crippen LogP contribution in [0, 0.1) is 5.92 Å². The largest absolute Gasteiger partial charge is 0.453 e. The molecule has 0 bridgehead atoms. The van der Waals surface area contributed by atoms with Crippen molar-refractivity contribution in [1.82, 2.24) is 20.2 Å². The molecule has 4 N–H and O–H groups in total. The second kappa shape index (κ2) is 9.99. The number of benzene rings is 2. The van der Waals surface area contributed by atoms with E-state index in [1.54, 1.807) is 0 Å². The number of hydrogen-bond acceptors (Lipinski definition) is 5. The zero-order valence-corrected chi connectivity index (χ0v) is 19.7. The second-order valence-electron chi connectivity index (χ2n) is 8.92. The van der Waals surface area contributed by atoms with Crippen LogP contribution in [0.4, 0.5) is 10.5 Å². The van der Waals surface area contributed by atoms with Crippen LogP contribution in [0.3, 0.4) is 0 Å². The van der Waals surface area contributed by atoms with Crippen LogP contribution in [0.2, 0.25) is 0 Å². The van der Waals surface area contributed by atoms with Crippen LogP contribution >= 0.6 is 0 Å². The lowest BCUT2D eigenvalue weighted by molar-refractivity contribution is -0.135. The fourth-order valence-electron chi connectivity index (χ4n) is 4.36. The minimum Gasteiger partial charge on any atom is -0.453 e. The number of imidazole rings is 1. The molecule has 8 nitrogen and oxygen atoms in total. The molecule has 2 amide bonds. The van der Waals surface area contributed by atoms with Gasteiger partial charge in [-0.25, -0.2) is 9.78 Å². The monoisotopic (exact) mass is 461 g/mol. The Morgan fingerprint density at radius 2 is 1.71 bits per heavy atom. The van der Waals surface area contributed by atoms with Crippen molar-refractivity contribution < 1.29 is 14.3 Å². The Bertz CT molecular complexity index is 1140. The molecule has 1 aliphatic rings. The lowest BCUT2D eigenvalue weighted by Gasteiger charge is -2.29. The number of methoxy groups -OCH3 is 1. The van der Waals surface area contributed by atoms with Gasteiger partial charge in [-0.15, -0.1) is 0 Å². The van der Waals surface area contributed by atoms with Crippen LogP contribution in [0.25, 0.3) is 22.4 Å². The van der Waals surface area contributed by atoms with Crippen molar-refractivity contribution in [1.29, 1.82) is 0 Å². The van der Waals surface area contributed by atoms with Gasteiger partial charge in [0.2, 0.25) is 5.91 Å². The molecule has 1 aliphatic heterocycles. The van der Waals surface area contributed by atoms with Gasteiger partial charge < -0.3 is 25.7 Å². The highest BCUT2D eigenvalue weighted by Gasteiger charge is 2.37. The molecule has 2 atom stereocenters. The van der Waals surface area contributed by atoms with Gasteiger partial charge in [0.1, 0.15) is 11.9 Å². The number of H-pyrrole nitrogens is 1. The summed E-state index contributed by atoms with van der Waals surface area (Å²) in [5, 5.41) is 2.68. The Morgan fingerprint density at radius 3 is 2.32 bits per heavy atom. The topological polar surface area (TPSA) is 113 Å². The van der Waals surface area contributed by atoms with Crippen LogP contribution in [0.15, 0.2) is 54.7 Å². The molecule has 8 heteroatoms. The molecule has 2 heterocycles. The van der Waals surface area contributed by atoms with Gasteiger partial charge in [0.15, 0.2) is 0 Å². The molecule has 0 radical (unpaired) electrons. The summed E-state index contributed by atoms with van der Waals surface area (Å²) in [4.78, 5) is 35.0. The number of carbonyl (C=O) groups is 2. The molecule has 2 aromatic carbocycles.